The van der Waals surface area contributed by atoms with Gasteiger partial charge in [-0.2, -0.15) is 9.13 Å². The molecule has 6 nitrogen and oxygen atoms in total. The number of aromatic nitrogens is 4. The third kappa shape index (κ3) is 5.86. The van der Waals surface area contributed by atoms with Gasteiger partial charge in [0.25, 0.3) is 0 Å². The number of piperidine rings is 2. The average molecular weight is 715 g/mol. The number of nitrogens with one attached hydrogen (secondary N) is 2. The summed E-state index contributed by atoms with van der Waals surface area (Å²) in [5.74, 6) is 1.75. The van der Waals surface area contributed by atoms with Gasteiger partial charge in [0, 0.05) is 33.9 Å². The van der Waals surface area contributed by atoms with Gasteiger partial charge in [-0.1, -0.05) is 24.3 Å². The van der Waals surface area contributed by atoms with E-state index < -0.39 is 0 Å². The first-order valence-corrected chi connectivity index (χ1v) is 20.5. The van der Waals surface area contributed by atoms with Gasteiger partial charge in [0.15, 0.2) is 25.5 Å². The Morgan fingerprint density at radius 3 is 1.31 bits per heavy atom. The van der Waals surface area contributed by atoms with Crippen molar-refractivity contribution in [3.8, 4) is 0 Å². The Morgan fingerprint density at radius 2 is 0.889 bits per heavy atom. The van der Waals surface area contributed by atoms with Crippen LogP contribution in [-0.2, 0) is 13.1 Å². The Hall–Kier alpha value is -4.78. The topological polar surface area (TPSA) is 45.8 Å². The lowest BCUT2D eigenvalue weighted by Crippen LogP contribution is -2.46. The van der Waals surface area contributed by atoms with Crippen LogP contribution in [0, 0.1) is 39.5 Å². The SMILES string of the molecule is Cc1cc2[nH]c3c(c[n+](CCN4CCC(C5CCN(CC[n+]6cc7c8cc(C)c(C)cc8[nH]c7c7ccccc76)CC5)CC4)c4ccccc34)c2cc1C. The molecule has 0 unspecified atom stereocenters. The summed E-state index contributed by atoms with van der Waals surface area (Å²) in [6.45, 7) is 18.1. The molecule has 0 atom stereocenters. The molecule has 6 heterocycles. The Kier molecular flexibility index (Phi) is 8.45. The minimum atomic E-state index is 0.876. The van der Waals surface area contributed by atoms with Crippen molar-refractivity contribution in [1.82, 2.24) is 19.8 Å². The predicted molar refractivity (Wildman–Crippen MR) is 224 cm³/mol. The van der Waals surface area contributed by atoms with Crippen molar-refractivity contribution in [1.29, 1.82) is 0 Å². The Bertz CT molecular complexity index is 2510. The minimum absolute atomic E-state index is 0.876. The van der Waals surface area contributed by atoms with Gasteiger partial charge in [-0.25, -0.2) is 0 Å². The van der Waals surface area contributed by atoms with Crippen LogP contribution in [-0.4, -0.2) is 59.0 Å². The zero-order chi connectivity index (χ0) is 36.5. The summed E-state index contributed by atoms with van der Waals surface area (Å²) in [6.07, 6.45) is 10.2. The van der Waals surface area contributed by atoms with E-state index in [-0.39, 0.29) is 0 Å². The van der Waals surface area contributed by atoms with Crippen molar-refractivity contribution < 1.29 is 9.13 Å². The number of rotatable bonds is 7. The van der Waals surface area contributed by atoms with Crippen molar-refractivity contribution in [2.24, 2.45) is 11.8 Å². The number of aromatic amines is 2. The third-order valence-electron chi connectivity index (χ3n) is 13.7. The molecule has 274 valence electrons. The van der Waals surface area contributed by atoms with E-state index >= 15 is 0 Å². The number of aryl methyl sites for hydroxylation is 4. The van der Waals surface area contributed by atoms with E-state index in [4.69, 9.17) is 0 Å². The number of H-pyrrole nitrogens is 2. The fourth-order valence-corrected chi connectivity index (χ4v) is 10.1. The van der Waals surface area contributed by atoms with Crippen LogP contribution in [0.2, 0.25) is 0 Å². The van der Waals surface area contributed by atoms with Gasteiger partial charge in [0.1, 0.15) is 0 Å². The first kappa shape index (κ1) is 33.8. The average Bonchev–Trinajstić information content (AvgIpc) is 3.73. The zero-order valence-electron chi connectivity index (χ0n) is 32.5. The van der Waals surface area contributed by atoms with Crippen molar-refractivity contribution in [3.63, 3.8) is 0 Å². The van der Waals surface area contributed by atoms with E-state index in [9.17, 15) is 0 Å². The first-order chi connectivity index (χ1) is 26.4. The molecular formula is C48H54N6+2. The zero-order valence-corrected chi connectivity index (χ0v) is 32.5. The largest absolute Gasteiger partial charge is 0.354 e. The highest BCUT2D eigenvalue weighted by molar-refractivity contribution is 6.16. The Labute approximate surface area is 318 Å². The molecule has 8 aromatic rings. The van der Waals surface area contributed by atoms with Crippen LogP contribution in [0.4, 0.5) is 0 Å². The number of para-hydroxylation sites is 2. The molecule has 10 rings (SSSR count). The molecule has 0 radical (unpaired) electrons. The quantitative estimate of drug-likeness (QED) is 0.162. The highest BCUT2D eigenvalue weighted by atomic mass is 15.2. The predicted octanol–water partition coefficient (Wildman–Crippen LogP) is 9.19. The lowest BCUT2D eigenvalue weighted by molar-refractivity contribution is -0.670. The van der Waals surface area contributed by atoms with E-state index in [1.54, 1.807) is 0 Å². The molecule has 6 heteroatoms. The second-order valence-corrected chi connectivity index (χ2v) is 16.8. The van der Waals surface area contributed by atoms with Gasteiger partial charge in [0.05, 0.1) is 45.7 Å². The molecule has 2 aliphatic rings. The normalized spacial score (nSPS) is 17.0. The highest BCUT2D eigenvalue weighted by Crippen LogP contribution is 2.34. The molecule has 2 N–H and O–H groups in total. The monoisotopic (exact) mass is 714 g/mol. The van der Waals surface area contributed by atoms with E-state index in [1.165, 1.54) is 140 Å². The molecule has 2 saturated heterocycles. The number of hydrogen-bond donors (Lipinski definition) is 2. The molecule has 0 aliphatic carbocycles. The summed E-state index contributed by atoms with van der Waals surface area (Å²) >= 11 is 0. The van der Waals surface area contributed by atoms with E-state index in [2.05, 4.69) is 142 Å². The summed E-state index contributed by atoms with van der Waals surface area (Å²) < 4.78 is 5.03. The maximum atomic E-state index is 3.77. The summed E-state index contributed by atoms with van der Waals surface area (Å²) in [5, 5.41) is 7.99. The number of fused-ring (bicyclic) bond motifs is 10. The molecule has 4 aromatic heterocycles. The second-order valence-electron chi connectivity index (χ2n) is 16.8. The van der Waals surface area contributed by atoms with Crippen LogP contribution in [0.25, 0.3) is 65.4 Å². The molecule has 4 aromatic carbocycles. The number of likely N-dealkylation sites (tertiary alicyclic amines) is 2. The van der Waals surface area contributed by atoms with Crippen molar-refractivity contribution in [2.75, 3.05) is 39.3 Å². The van der Waals surface area contributed by atoms with Crippen LogP contribution in [0.3, 0.4) is 0 Å². The fraction of sp³-hybridized carbons (Fsp3) is 0.375. The van der Waals surface area contributed by atoms with Crippen LogP contribution in [0.1, 0.15) is 47.9 Å². The Morgan fingerprint density at radius 1 is 0.500 bits per heavy atom. The maximum absolute atomic E-state index is 3.77. The molecule has 54 heavy (non-hydrogen) atoms. The molecular weight excluding hydrogens is 661 g/mol. The molecule has 0 bridgehead atoms. The van der Waals surface area contributed by atoms with Crippen molar-refractivity contribution in [2.45, 2.75) is 66.5 Å². The molecule has 0 saturated carbocycles. The van der Waals surface area contributed by atoms with Gasteiger partial charge >= 0.3 is 0 Å². The Balaban J connectivity index is 0.767. The number of benzene rings is 4. The number of hydrogen-bond acceptors (Lipinski definition) is 2. The van der Waals surface area contributed by atoms with Crippen molar-refractivity contribution >= 4 is 65.4 Å². The lowest BCUT2D eigenvalue weighted by atomic mass is 9.79. The summed E-state index contributed by atoms with van der Waals surface area (Å²) in [6, 6.07) is 27.2. The molecule has 0 amide bonds. The highest BCUT2D eigenvalue weighted by Gasteiger charge is 2.30. The molecule has 2 fully saturated rings. The summed E-state index contributed by atoms with van der Waals surface area (Å²) in [5.41, 5.74) is 13.0. The lowest BCUT2D eigenvalue weighted by Gasteiger charge is -2.39. The number of pyridine rings is 2. The van der Waals surface area contributed by atoms with Gasteiger partial charge in [-0.15, -0.1) is 0 Å². The summed E-state index contributed by atoms with van der Waals surface area (Å²) in [4.78, 5) is 13.0. The fourth-order valence-electron chi connectivity index (χ4n) is 10.1. The van der Waals surface area contributed by atoms with Crippen LogP contribution in [0.15, 0.2) is 85.2 Å². The van der Waals surface area contributed by atoms with Gasteiger partial charge < -0.3 is 9.97 Å². The second kappa shape index (κ2) is 13.5. The minimum Gasteiger partial charge on any atom is -0.354 e. The van der Waals surface area contributed by atoms with Crippen LogP contribution >= 0.6 is 0 Å². The molecule has 0 spiro atoms. The van der Waals surface area contributed by atoms with Crippen molar-refractivity contribution in [3.05, 3.63) is 107 Å². The third-order valence-corrected chi connectivity index (χ3v) is 13.7. The number of nitrogens with zero attached hydrogens (tertiary/aromatic N) is 4. The standard InChI is InChI=1S/C48H52N6/c1-31-25-39-41-29-53(45-11-7-5-9-37(45)47(41)49-43(39)27-33(31)3)23-21-51-17-13-35(14-18-51)36-15-19-52(20-16-36)22-24-54-30-42-40-26-32(2)34(4)28-44(40)50-48(42)38-10-6-8-12-46(38)54/h5-12,25-30,35-36H,13-24H2,1-4H3/p+2. The van der Waals surface area contributed by atoms with Crippen LogP contribution in [0.5, 0.6) is 0 Å². The van der Waals surface area contributed by atoms with Gasteiger partial charge in [0.2, 0.25) is 11.0 Å². The van der Waals surface area contributed by atoms with E-state index in [1.807, 2.05) is 0 Å². The maximum Gasteiger partial charge on any atom is 0.214 e. The van der Waals surface area contributed by atoms with Gasteiger partial charge in [-0.05, 0) is 150 Å². The van der Waals surface area contributed by atoms with E-state index in [0.29, 0.717) is 0 Å². The van der Waals surface area contributed by atoms with Crippen LogP contribution < -0.4 is 9.13 Å². The molecule has 2 aliphatic heterocycles. The first-order valence-electron chi connectivity index (χ1n) is 20.5. The van der Waals surface area contributed by atoms with E-state index in [0.717, 1.165) is 38.0 Å². The smallest absolute Gasteiger partial charge is 0.214 e. The van der Waals surface area contributed by atoms with Gasteiger partial charge in [-0.3, -0.25) is 9.80 Å². The summed E-state index contributed by atoms with van der Waals surface area (Å²) in [7, 11) is 0.